The van der Waals surface area contributed by atoms with Gasteiger partial charge in [-0.15, -0.1) is 0 Å². The summed E-state index contributed by atoms with van der Waals surface area (Å²) in [5.74, 6) is 2.58. The summed E-state index contributed by atoms with van der Waals surface area (Å²) in [6, 6.07) is 9.88. The lowest BCUT2D eigenvalue weighted by Gasteiger charge is -2.33. The number of benzene rings is 1. The van der Waals surface area contributed by atoms with Gasteiger partial charge in [-0.3, -0.25) is 4.79 Å². The van der Waals surface area contributed by atoms with Gasteiger partial charge in [0.25, 0.3) is 5.78 Å². The first-order valence-electron chi connectivity index (χ1n) is 10.5. The van der Waals surface area contributed by atoms with Gasteiger partial charge in [-0.05, 0) is 37.0 Å². The van der Waals surface area contributed by atoms with Crippen molar-refractivity contribution < 1.29 is 9.53 Å². The highest BCUT2D eigenvalue weighted by molar-refractivity contribution is 5.79. The molecule has 3 aromatic rings. The van der Waals surface area contributed by atoms with Crippen LogP contribution in [-0.2, 0) is 17.8 Å². The van der Waals surface area contributed by atoms with Crippen LogP contribution in [0.4, 0.5) is 5.82 Å². The maximum Gasteiger partial charge on any atom is 0.254 e. The lowest BCUT2D eigenvalue weighted by atomic mass is 9.95. The van der Waals surface area contributed by atoms with Crippen LogP contribution in [0.2, 0.25) is 0 Å². The summed E-state index contributed by atoms with van der Waals surface area (Å²) >= 11 is 0. The third kappa shape index (κ3) is 4.37. The second-order valence-electron chi connectivity index (χ2n) is 7.66. The number of piperidine rings is 1. The van der Waals surface area contributed by atoms with Crippen molar-refractivity contribution in [1.29, 1.82) is 0 Å². The number of carbonyl (C=O) groups excluding carboxylic acids is 1. The summed E-state index contributed by atoms with van der Waals surface area (Å²) in [5.41, 5.74) is 2.07. The van der Waals surface area contributed by atoms with Crippen LogP contribution in [0.5, 0.6) is 5.75 Å². The zero-order chi connectivity index (χ0) is 20.9. The van der Waals surface area contributed by atoms with Gasteiger partial charge >= 0.3 is 0 Å². The molecular weight excluding hydrogens is 380 g/mol. The minimum absolute atomic E-state index is 0.0232. The van der Waals surface area contributed by atoms with Gasteiger partial charge in [0.05, 0.1) is 7.11 Å². The quantitative estimate of drug-likeness (QED) is 0.647. The predicted molar refractivity (Wildman–Crippen MR) is 115 cm³/mol. The summed E-state index contributed by atoms with van der Waals surface area (Å²) in [4.78, 5) is 23.8. The second-order valence-corrected chi connectivity index (χ2v) is 7.66. The number of hydrogen-bond donors (Lipinski definition) is 1. The Morgan fingerprint density at radius 2 is 2.10 bits per heavy atom. The number of anilines is 1. The Balaban J connectivity index is 1.37. The van der Waals surface area contributed by atoms with E-state index in [1.807, 2.05) is 24.3 Å². The Bertz CT molecular complexity index is 1010. The number of aryl methyl sites for hydroxylation is 1. The maximum absolute atomic E-state index is 12.7. The molecule has 1 fully saturated rings. The van der Waals surface area contributed by atoms with E-state index < -0.39 is 0 Å². The molecule has 158 valence electrons. The van der Waals surface area contributed by atoms with E-state index >= 15 is 0 Å². The molecule has 8 heteroatoms. The third-order valence-electron chi connectivity index (χ3n) is 5.58. The first-order chi connectivity index (χ1) is 14.7. The van der Waals surface area contributed by atoms with Gasteiger partial charge in [0, 0.05) is 37.3 Å². The molecule has 1 amide bonds. The fourth-order valence-corrected chi connectivity index (χ4v) is 3.94. The van der Waals surface area contributed by atoms with Gasteiger partial charge in [0.15, 0.2) is 0 Å². The number of nitrogens with zero attached hydrogens (tertiary/aromatic N) is 5. The SMILES string of the molecule is CCCc1cc(N2CCC(C(=O)NCc3cccc(OC)c3)CC2)n2ncnc2n1. The van der Waals surface area contributed by atoms with Crippen LogP contribution in [0.25, 0.3) is 5.78 Å². The number of methoxy groups -OCH3 is 1. The average molecular weight is 409 g/mol. The number of hydrogen-bond acceptors (Lipinski definition) is 6. The summed E-state index contributed by atoms with van der Waals surface area (Å²) in [6.45, 7) is 4.27. The summed E-state index contributed by atoms with van der Waals surface area (Å²) in [5, 5.41) is 7.41. The number of aromatic nitrogens is 4. The van der Waals surface area contributed by atoms with Crippen molar-refractivity contribution in [3.05, 3.63) is 47.9 Å². The molecule has 0 saturated carbocycles. The highest BCUT2D eigenvalue weighted by atomic mass is 16.5. The Labute approximate surface area is 176 Å². The first-order valence-corrected chi connectivity index (χ1v) is 10.5. The molecule has 8 nitrogen and oxygen atoms in total. The predicted octanol–water partition coefficient (Wildman–Crippen LogP) is 2.62. The molecule has 1 saturated heterocycles. The number of ether oxygens (including phenoxy) is 1. The lowest BCUT2D eigenvalue weighted by Crippen LogP contribution is -2.41. The molecule has 1 N–H and O–H groups in total. The molecule has 1 aliphatic rings. The second kappa shape index (κ2) is 9.11. The standard InChI is InChI=1S/C22H28N6O2/c1-3-5-18-13-20(28-22(26-18)24-15-25-28)27-10-8-17(9-11-27)21(29)23-14-16-6-4-7-19(12-16)30-2/h4,6-7,12-13,15,17H,3,5,8-11,14H2,1-2H3,(H,23,29). The molecule has 1 aliphatic heterocycles. The number of carbonyl (C=O) groups is 1. The van der Waals surface area contributed by atoms with E-state index in [-0.39, 0.29) is 11.8 Å². The van der Waals surface area contributed by atoms with E-state index in [9.17, 15) is 4.79 Å². The fraction of sp³-hybridized carbons (Fsp3) is 0.455. The third-order valence-corrected chi connectivity index (χ3v) is 5.58. The highest BCUT2D eigenvalue weighted by Crippen LogP contribution is 2.24. The lowest BCUT2D eigenvalue weighted by molar-refractivity contribution is -0.125. The van der Waals surface area contributed by atoms with Crippen LogP contribution < -0.4 is 15.0 Å². The van der Waals surface area contributed by atoms with Crippen molar-refractivity contribution in [2.45, 2.75) is 39.2 Å². The summed E-state index contributed by atoms with van der Waals surface area (Å²) in [7, 11) is 1.65. The van der Waals surface area contributed by atoms with Crippen LogP contribution in [-0.4, -0.2) is 45.7 Å². The maximum atomic E-state index is 12.7. The van der Waals surface area contributed by atoms with Crippen LogP contribution in [0.1, 0.15) is 37.4 Å². The Morgan fingerprint density at radius 1 is 1.27 bits per heavy atom. The monoisotopic (exact) mass is 408 g/mol. The average Bonchev–Trinajstić information content (AvgIpc) is 3.26. The molecule has 0 atom stereocenters. The van der Waals surface area contributed by atoms with Crippen LogP contribution in [0, 0.1) is 5.92 Å². The highest BCUT2D eigenvalue weighted by Gasteiger charge is 2.26. The van der Waals surface area contributed by atoms with E-state index in [4.69, 9.17) is 4.74 Å². The van der Waals surface area contributed by atoms with E-state index in [0.717, 1.165) is 61.6 Å². The molecule has 1 aromatic carbocycles. The molecule has 0 unspecified atom stereocenters. The molecule has 3 heterocycles. The van der Waals surface area contributed by atoms with Gasteiger partial charge in [-0.1, -0.05) is 25.5 Å². The number of amides is 1. The van der Waals surface area contributed by atoms with E-state index in [1.165, 1.54) is 0 Å². The zero-order valence-corrected chi connectivity index (χ0v) is 17.5. The molecule has 30 heavy (non-hydrogen) atoms. The molecule has 0 bridgehead atoms. The van der Waals surface area contributed by atoms with Crippen molar-refractivity contribution in [2.24, 2.45) is 5.92 Å². The molecule has 2 aromatic heterocycles. The minimum Gasteiger partial charge on any atom is -0.497 e. The topological polar surface area (TPSA) is 84.7 Å². The molecule has 0 spiro atoms. The minimum atomic E-state index is 0.0232. The van der Waals surface area contributed by atoms with Gasteiger partial charge < -0.3 is 15.0 Å². The van der Waals surface area contributed by atoms with Crippen LogP contribution in [0.3, 0.4) is 0 Å². The number of nitrogens with one attached hydrogen (secondary N) is 1. The van der Waals surface area contributed by atoms with Crippen molar-refractivity contribution in [3.8, 4) is 5.75 Å². The first kappa shape index (κ1) is 20.1. The van der Waals surface area contributed by atoms with Crippen molar-refractivity contribution >= 4 is 17.5 Å². The van der Waals surface area contributed by atoms with Crippen LogP contribution in [0.15, 0.2) is 36.7 Å². The van der Waals surface area contributed by atoms with Gasteiger partial charge in [-0.2, -0.15) is 14.6 Å². The Kier molecular flexibility index (Phi) is 6.11. The summed E-state index contributed by atoms with van der Waals surface area (Å²) in [6.07, 6.45) is 5.11. The normalized spacial score (nSPS) is 14.8. The van der Waals surface area contributed by atoms with E-state index in [1.54, 1.807) is 18.0 Å². The van der Waals surface area contributed by atoms with Gasteiger partial charge in [0.1, 0.15) is 17.9 Å². The van der Waals surface area contributed by atoms with Gasteiger partial charge in [-0.25, -0.2) is 4.98 Å². The van der Waals surface area contributed by atoms with Gasteiger partial charge in [0.2, 0.25) is 5.91 Å². The van der Waals surface area contributed by atoms with Crippen molar-refractivity contribution in [2.75, 3.05) is 25.1 Å². The largest absolute Gasteiger partial charge is 0.497 e. The van der Waals surface area contributed by atoms with E-state index in [0.29, 0.717) is 12.3 Å². The summed E-state index contributed by atoms with van der Waals surface area (Å²) < 4.78 is 7.04. The number of rotatable bonds is 7. The van der Waals surface area contributed by atoms with E-state index in [2.05, 4.69) is 38.3 Å². The number of fused-ring (bicyclic) bond motifs is 1. The fourth-order valence-electron chi connectivity index (χ4n) is 3.94. The van der Waals surface area contributed by atoms with Crippen molar-refractivity contribution in [1.82, 2.24) is 24.9 Å². The van der Waals surface area contributed by atoms with Crippen LogP contribution >= 0.6 is 0 Å². The molecule has 4 rings (SSSR count). The zero-order valence-electron chi connectivity index (χ0n) is 17.5. The Morgan fingerprint density at radius 3 is 2.87 bits per heavy atom. The Hall–Kier alpha value is -3.16. The smallest absolute Gasteiger partial charge is 0.254 e. The molecular formula is C22H28N6O2. The molecule has 0 aliphatic carbocycles. The van der Waals surface area contributed by atoms with Crippen molar-refractivity contribution in [3.63, 3.8) is 0 Å². The molecule has 0 radical (unpaired) electrons.